The molecule has 80 heavy (non-hydrogen) atoms. The summed E-state index contributed by atoms with van der Waals surface area (Å²) in [7, 11) is 0. The molecule has 0 saturated carbocycles. The van der Waals surface area contributed by atoms with Crippen molar-refractivity contribution in [3.63, 3.8) is 0 Å². The van der Waals surface area contributed by atoms with Gasteiger partial charge < -0.3 is 14.2 Å². The van der Waals surface area contributed by atoms with E-state index >= 15 is 0 Å². The summed E-state index contributed by atoms with van der Waals surface area (Å²) in [5.74, 6) is -0.838. The third kappa shape index (κ3) is 66.7. The lowest BCUT2D eigenvalue weighted by Gasteiger charge is -2.18. The molecule has 0 radical (unpaired) electrons. The molecular formula is C74H140O6. The van der Waals surface area contributed by atoms with Crippen molar-refractivity contribution in [1.82, 2.24) is 0 Å². The van der Waals surface area contributed by atoms with Crippen LogP contribution in [0, 0.1) is 0 Å². The molecule has 1 unspecified atom stereocenters. The molecule has 0 amide bonds. The molecule has 6 heteroatoms. The Kier molecular flexibility index (Phi) is 67.6. The Morgan fingerprint density at radius 2 is 0.450 bits per heavy atom. The Hall–Kier alpha value is -2.11. The van der Waals surface area contributed by atoms with Crippen LogP contribution in [0.2, 0.25) is 0 Å². The molecule has 0 rings (SSSR count). The van der Waals surface area contributed by atoms with E-state index in [4.69, 9.17) is 14.2 Å². The van der Waals surface area contributed by atoms with Crippen molar-refractivity contribution in [3.05, 3.63) is 24.3 Å². The fourth-order valence-electron chi connectivity index (χ4n) is 11.2. The van der Waals surface area contributed by atoms with E-state index < -0.39 is 6.10 Å². The molecule has 0 aliphatic carbocycles. The van der Waals surface area contributed by atoms with Crippen LogP contribution in [0.15, 0.2) is 24.3 Å². The lowest BCUT2D eigenvalue weighted by atomic mass is 10.0. The summed E-state index contributed by atoms with van der Waals surface area (Å²) in [5.41, 5.74) is 0. The third-order valence-electron chi connectivity index (χ3n) is 16.7. The standard InChI is InChI=1S/C74H140O6/c1-4-7-10-13-16-19-22-25-27-29-31-32-33-34-35-36-37-38-39-40-41-43-44-46-49-52-55-58-61-64-67-73(76)79-70-71(69-78-72(75)66-63-60-57-54-51-48-24-21-18-15-12-9-6-3)80-74(77)68-65-62-59-56-53-50-47-45-42-30-28-26-23-20-17-14-11-8-5-2/h17,20,26,28,71H,4-16,18-19,21-25,27,29-70H2,1-3H3/b20-17-,28-26-. The quantitative estimate of drug-likeness (QED) is 0.0261. The number of ether oxygens (including phenoxy) is 3. The van der Waals surface area contributed by atoms with E-state index in [0.717, 1.165) is 64.2 Å². The predicted octanol–water partition coefficient (Wildman–Crippen LogP) is 25.0. The van der Waals surface area contributed by atoms with Crippen LogP contribution in [0.5, 0.6) is 0 Å². The minimum absolute atomic E-state index is 0.0665. The highest BCUT2D eigenvalue weighted by atomic mass is 16.6. The van der Waals surface area contributed by atoms with Crippen LogP contribution < -0.4 is 0 Å². The molecule has 0 aromatic carbocycles. The van der Waals surface area contributed by atoms with Crippen LogP contribution in [0.1, 0.15) is 412 Å². The van der Waals surface area contributed by atoms with E-state index in [1.807, 2.05) is 0 Å². The van der Waals surface area contributed by atoms with Gasteiger partial charge in [-0.25, -0.2) is 0 Å². The number of carbonyl (C=O) groups excluding carboxylic acids is 3. The van der Waals surface area contributed by atoms with Crippen molar-refractivity contribution in [2.75, 3.05) is 13.2 Å². The van der Waals surface area contributed by atoms with Crippen molar-refractivity contribution in [3.8, 4) is 0 Å². The average Bonchev–Trinajstić information content (AvgIpc) is 3.46. The van der Waals surface area contributed by atoms with E-state index in [2.05, 4.69) is 45.1 Å². The molecule has 0 aliphatic heterocycles. The maximum absolute atomic E-state index is 12.9. The first kappa shape index (κ1) is 77.9. The lowest BCUT2D eigenvalue weighted by Crippen LogP contribution is -2.30. The summed E-state index contributed by atoms with van der Waals surface area (Å²) in [6.07, 6.45) is 85.1. The van der Waals surface area contributed by atoms with Gasteiger partial charge in [-0.2, -0.15) is 0 Å². The monoisotopic (exact) mass is 1130 g/mol. The number of allylic oxidation sites excluding steroid dienone is 4. The van der Waals surface area contributed by atoms with Crippen molar-refractivity contribution in [2.24, 2.45) is 0 Å². The SMILES string of the molecule is CCCCC/C=C\C/C=C\CCCCCCCCCCCC(=O)OC(COC(=O)CCCCCCCCCCCCCCC)COC(=O)CCCCCCCCCCCCCCCCCCCCCCCCCCCCCCCC. The fourth-order valence-corrected chi connectivity index (χ4v) is 11.2. The highest BCUT2D eigenvalue weighted by Gasteiger charge is 2.19. The van der Waals surface area contributed by atoms with Gasteiger partial charge in [-0.1, -0.05) is 366 Å². The summed E-state index contributed by atoms with van der Waals surface area (Å²) in [6.45, 7) is 6.69. The zero-order chi connectivity index (χ0) is 57.8. The van der Waals surface area contributed by atoms with Gasteiger partial charge in [0.05, 0.1) is 0 Å². The van der Waals surface area contributed by atoms with Crippen LogP contribution >= 0.6 is 0 Å². The molecule has 472 valence electrons. The van der Waals surface area contributed by atoms with Crippen molar-refractivity contribution in [1.29, 1.82) is 0 Å². The lowest BCUT2D eigenvalue weighted by molar-refractivity contribution is -0.167. The largest absolute Gasteiger partial charge is 0.462 e. The number of esters is 3. The minimum atomic E-state index is -0.770. The molecule has 0 fully saturated rings. The zero-order valence-electron chi connectivity index (χ0n) is 54.4. The van der Waals surface area contributed by atoms with Crippen LogP contribution in [0.4, 0.5) is 0 Å². The molecule has 0 aromatic heterocycles. The highest BCUT2D eigenvalue weighted by molar-refractivity contribution is 5.71. The van der Waals surface area contributed by atoms with Gasteiger partial charge >= 0.3 is 17.9 Å². The molecule has 0 N–H and O–H groups in total. The maximum Gasteiger partial charge on any atom is 0.306 e. The predicted molar refractivity (Wildman–Crippen MR) is 349 cm³/mol. The molecule has 0 heterocycles. The summed E-state index contributed by atoms with van der Waals surface area (Å²) < 4.78 is 17.0. The summed E-state index contributed by atoms with van der Waals surface area (Å²) in [6, 6.07) is 0. The van der Waals surface area contributed by atoms with Crippen molar-refractivity contribution < 1.29 is 28.6 Å². The Labute approximate surface area is 500 Å². The van der Waals surface area contributed by atoms with Gasteiger partial charge in [-0.3, -0.25) is 14.4 Å². The molecule has 0 saturated heterocycles. The van der Waals surface area contributed by atoms with Crippen molar-refractivity contribution >= 4 is 17.9 Å². The number of carbonyl (C=O) groups is 3. The molecule has 0 aliphatic rings. The molecule has 6 nitrogen and oxygen atoms in total. The first-order valence-electron chi connectivity index (χ1n) is 36.3. The summed E-state index contributed by atoms with van der Waals surface area (Å²) in [4.78, 5) is 38.4. The van der Waals surface area contributed by atoms with Gasteiger partial charge in [-0.15, -0.1) is 0 Å². The zero-order valence-corrected chi connectivity index (χ0v) is 54.4. The Morgan fingerprint density at radius 1 is 0.250 bits per heavy atom. The Bertz CT molecular complexity index is 1290. The van der Waals surface area contributed by atoms with Crippen LogP contribution in [0.25, 0.3) is 0 Å². The minimum Gasteiger partial charge on any atom is -0.462 e. The topological polar surface area (TPSA) is 78.9 Å². The van der Waals surface area contributed by atoms with E-state index in [9.17, 15) is 14.4 Å². The van der Waals surface area contributed by atoms with E-state index in [1.165, 1.54) is 308 Å². The molecule has 1 atom stereocenters. The fraction of sp³-hybridized carbons (Fsp3) is 0.905. The Balaban J connectivity index is 4.14. The number of hydrogen-bond acceptors (Lipinski definition) is 6. The second kappa shape index (κ2) is 69.4. The first-order valence-corrected chi connectivity index (χ1v) is 36.3. The van der Waals surface area contributed by atoms with E-state index in [-0.39, 0.29) is 31.1 Å². The summed E-state index contributed by atoms with van der Waals surface area (Å²) >= 11 is 0. The third-order valence-corrected chi connectivity index (χ3v) is 16.7. The molecular weight excluding hydrogens is 985 g/mol. The van der Waals surface area contributed by atoms with E-state index in [1.54, 1.807) is 0 Å². The average molecular weight is 1130 g/mol. The van der Waals surface area contributed by atoms with Crippen LogP contribution in [-0.2, 0) is 28.6 Å². The van der Waals surface area contributed by atoms with Gasteiger partial charge in [0.2, 0.25) is 0 Å². The highest BCUT2D eigenvalue weighted by Crippen LogP contribution is 2.19. The van der Waals surface area contributed by atoms with Gasteiger partial charge in [-0.05, 0) is 51.4 Å². The van der Waals surface area contributed by atoms with Gasteiger partial charge in [0.15, 0.2) is 6.10 Å². The Morgan fingerprint density at radius 3 is 0.713 bits per heavy atom. The van der Waals surface area contributed by atoms with Crippen LogP contribution in [-0.4, -0.2) is 37.2 Å². The second-order valence-electron chi connectivity index (χ2n) is 24.9. The molecule has 0 bridgehead atoms. The number of unbranched alkanes of at least 4 members (excludes halogenated alkanes) is 53. The first-order chi connectivity index (χ1) is 39.5. The number of hydrogen-bond donors (Lipinski definition) is 0. The van der Waals surface area contributed by atoms with Gasteiger partial charge in [0, 0.05) is 19.3 Å². The van der Waals surface area contributed by atoms with Crippen molar-refractivity contribution in [2.45, 2.75) is 419 Å². The van der Waals surface area contributed by atoms with Gasteiger partial charge in [0.25, 0.3) is 0 Å². The van der Waals surface area contributed by atoms with Gasteiger partial charge in [0.1, 0.15) is 13.2 Å². The molecule has 0 aromatic rings. The summed E-state index contributed by atoms with van der Waals surface area (Å²) in [5, 5.41) is 0. The maximum atomic E-state index is 12.9. The second-order valence-corrected chi connectivity index (χ2v) is 24.9. The smallest absolute Gasteiger partial charge is 0.306 e. The number of rotatable bonds is 68. The molecule has 0 spiro atoms. The van der Waals surface area contributed by atoms with Crippen LogP contribution in [0.3, 0.4) is 0 Å². The normalized spacial score (nSPS) is 12.1. The van der Waals surface area contributed by atoms with E-state index in [0.29, 0.717) is 19.3 Å².